The number of hydrogen-bond acceptors (Lipinski definition) is 3. The van der Waals surface area contributed by atoms with Crippen molar-refractivity contribution >= 4 is 33.6 Å². The Morgan fingerprint density at radius 1 is 1.25 bits per heavy atom. The molecule has 1 aromatic heterocycles. The van der Waals surface area contributed by atoms with E-state index in [4.69, 9.17) is 0 Å². The van der Waals surface area contributed by atoms with Gasteiger partial charge in [-0.3, -0.25) is 4.79 Å². The van der Waals surface area contributed by atoms with Gasteiger partial charge in [0.15, 0.2) is 0 Å². The van der Waals surface area contributed by atoms with Crippen molar-refractivity contribution < 1.29 is 4.79 Å². The average molecular weight is 351 g/mol. The molecule has 0 spiro atoms. The zero-order valence-corrected chi connectivity index (χ0v) is 13.7. The molecular weight excluding hydrogens is 336 g/mol. The van der Waals surface area contributed by atoms with Gasteiger partial charge in [0, 0.05) is 11.1 Å². The number of carbonyl (C=O) groups is 1. The van der Waals surface area contributed by atoms with Crippen LogP contribution in [-0.2, 0) is 0 Å². The number of halogens is 1. The number of nitrogens with one attached hydrogen (secondary N) is 1. The van der Waals surface area contributed by atoms with Gasteiger partial charge < -0.3 is 5.32 Å². The van der Waals surface area contributed by atoms with Crippen molar-refractivity contribution in [2.45, 2.75) is 17.9 Å². The number of nitrogens with zero attached hydrogens (tertiary/aromatic N) is 1. The quantitative estimate of drug-likeness (QED) is 0.667. The van der Waals surface area contributed by atoms with Gasteiger partial charge in [0.2, 0.25) is 0 Å². The number of amides is 1. The molecule has 0 bridgehead atoms. The molecule has 2 aromatic rings. The van der Waals surface area contributed by atoms with Gasteiger partial charge in [0.1, 0.15) is 4.60 Å². The van der Waals surface area contributed by atoms with E-state index in [2.05, 4.69) is 38.4 Å². The molecule has 0 aliphatic rings. The highest BCUT2D eigenvalue weighted by atomic mass is 79.9. The van der Waals surface area contributed by atoms with Gasteiger partial charge in [-0.2, -0.15) is 0 Å². The monoisotopic (exact) mass is 350 g/mol. The molecule has 0 saturated carbocycles. The van der Waals surface area contributed by atoms with Crippen LogP contribution in [0.2, 0.25) is 0 Å². The molecule has 104 valence electrons. The lowest BCUT2D eigenvalue weighted by Crippen LogP contribution is -2.26. The van der Waals surface area contributed by atoms with Crippen molar-refractivity contribution in [3.63, 3.8) is 0 Å². The largest absolute Gasteiger partial charge is 0.345 e. The number of hydrogen-bond donors (Lipinski definition) is 1. The molecule has 1 N–H and O–H groups in total. The van der Waals surface area contributed by atoms with Gasteiger partial charge in [-0.25, -0.2) is 4.98 Å². The Morgan fingerprint density at radius 2 is 1.95 bits per heavy atom. The molecule has 0 saturated heterocycles. The summed E-state index contributed by atoms with van der Waals surface area (Å²) in [6.07, 6.45) is 3.60. The standard InChI is InChI=1S/C15H15BrN2OS/c1-10(11-3-6-13(20-2)7-4-11)18-15(19)12-5-8-14(16)17-9-12/h3-10H,1-2H3,(H,18,19). The van der Waals surface area contributed by atoms with E-state index in [-0.39, 0.29) is 11.9 Å². The van der Waals surface area contributed by atoms with Crippen LogP contribution in [0.4, 0.5) is 0 Å². The Labute approximate surface area is 131 Å². The van der Waals surface area contributed by atoms with E-state index in [9.17, 15) is 4.79 Å². The Kier molecular flexibility index (Phi) is 5.20. The highest BCUT2D eigenvalue weighted by molar-refractivity contribution is 9.10. The molecular formula is C15H15BrN2OS. The molecule has 5 heteroatoms. The molecule has 1 atom stereocenters. The van der Waals surface area contributed by atoms with Crippen LogP contribution in [-0.4, -0.2) is 17.1 Å². The lowest BCUT2D eigenvalue weighted by Gasteiger charge is -2.14. The Bertz CT molecular complexity index is 584. The minimum Gasteiger partial charge on any atom is -0.345 e. The van der Waals surface area contributed by atoms with Crippen LogP contribution in [0, 0.1) is 0 Å². The van der Waals surface area contributed by atoms with Crippen molar-refractivity contribution in [2.24, 2.45) is 0 Å². The summed E-state index contributed by atoms with van der Waals surface area (Å²) in [6.45, 7) is 1.97. The maximum Gasteiger partial charge on any atom is 0.253 e. The van der Waals surface area contributed by atoms with Gasteiger partial charge >= 0.3 is 0 Å². The fourth-order valence-electron chi connectivity index (χ4n) is 1.77. The average Bonchev–Trinajstić information content (AvgIpc) is 2.48. The molecule has 0 fully saturated rings. The predicted octanol–water partition coefficient (Wildman–Crippen LogP) is 4.06. The molecule has 20 heavy (non-hydrogen) atoms. The van der Waals surface area contributed by atoms with E-state index in [1.807, 2.05) is 25.3 Å². The number of thioether (sulfide) groups is 1. The summed E-state index contributed by atoms with van der Waals surface area (Å²) in [6, 6.07) is 11.7. The normalized spacial score (nSPS) is 11.9. The van der Waals surface area contributed by atoms with Gasteiger partial charge in [-0.15, -0.1) is 11.8 Å². The van der Waals surface area contributed by atoms with Gasteiger partial charge in [0.25, 0.3) is 5.91 Å². The summed E-state index contributed by atoms with van der Waals surface area (Å²) in [7, 11) is 0. The predicted molar refractivity (Wildman–Crippen MR) is 86.0 cm³/mol. The molecule has 1 heterocycles. The van der Waals surface area contributed by atoms with E-state index in [0.717, 1.165) is 10.2 Å². The minimum absolute atomic E-state index is 0.0398. The minimum atomic E-state index is -0.119. The van der Waals surface area contributed by atoms with Crippen LogP contribution in [0.1, 0.15) is 28.9 Å². The van der Waals surface area contributed by atoms with E-state index in [1.54, 1.807) is 30.1 Å². The third-order valence-corrected chi connectivity index (χ3v) is 4.17. The van der Waals surface area contributed by atoms with Crippen LogP contribution >= 0.6 is 27.7 Å². The number of rotatable bonds is 4. The fraction of sp³-hybridized carbons (Fsp3) is 0.200. The zero-order valence-electron chi connectivity index (χ0n) is 11.3. The second kappa shape index (κ2) is 6.90. The topological polar surface area (TPSA) is 42.0 Å². The third-order valence-electron chi connectivity index (χ3n) is 2.95. The summed E-state index contributed by atoms with van der Waals surface area (Å²) in [4.78, 5) is 17.4. The van der Waals surface area contributed by atoms with Crippen LogP contribution in [0.15, 0.2) is 52.1 Å². The summed E-state index contributed by atoms with van der Waals surface area (Å²) in [5.41, 5.74) is 1.64. The van der Waals surface area contributed by atoms with Crippen molar-refractivity contribution in [3.05, 3.63) is 58.3 Å². The van der Waals surface area contributed by atoms with E-state index in [1.165, 1.54) is 4.90 Å². The molecule has 3 nitrogen and oxygen atoms in total. The van der Waals surface area contributed by atoms with Crippen LogP contribution in [0.5, 0.6) is 0 Å². The second-order valence-corrected chi connectivity index (χ2v) is 6.03. The number of benzene rings is 1. The first-order valence-corrected chi connectivity index (χ1v) is 8.18. The smallest absolute Gasteiger partial charge is 0.253 e. The maximum atomic E-state index is 12.1. The SMILES string of the molecule is CSc1ccc(C(C)NC(=O)c2ccc(Br)nc2)cc1. The summed E-state index contributed by atoms with van der Waals surface area (Å²) in [5, 5.41) is 2.97. The summed E-state index contributed by atoms with van der Waals surface area (Å²) >= 11 is 4.95. The Morgan fingerprint density at radius 3 is 2.50 bits per heavy atom. The Hall–Kier alpha value is -1.33. The van der Waals surface area contributed by atoms with Crippen molar-refractivity contribution in [1.82, 2.24) is 10.3 Å². The summed E-state index contributed by atoms with van der Waals surface area (Å²) in [5.74, 6) is -0.119. The lowest BCUT2D eigenvalue weighted by molar-refractivity contribution is 0.0939. The van der Waals surface area contributed by atoms with E-state index in [0.29, 0.717) is 5.56 Å². The number of carbonyl (C=O) groups excluding carboxylic acids is 1. The summed E-state index contributed by atoms with van der Waals surface area (Å²) < 4.78 is 0.717. The van der Waals surface area contributed by atoms with Crippen LogP contribution in [0.25, 0.3) is 0 Å². The van der Waals surface area contributed by atoms with Gasteiger partial charge in [-0.1, -0.05) is 12.1 Å². The molecule has 1 aromatic carbocycles. The molecule has 1 amide bonds. The highest BCUT2D eigenvalue weighted by Crippen LogP contribution is 2.19. The lowest BCUT2D eigenvalue weighted by atomic mass is 10.1. The first-order valence-electron chi connectivity index (χ1n) is 6.16. The number of pyridine rings is 1. The second-order valence-electron chi connectivity index (χ2n) is 4.34. The molecule has 2 rings (SSSR count). The van der Waals surface area contributed by atoms with Crippen molar-refractivity contribution in [2.75, 3.05) is 6.26 Å². The van der Waals surface area contributed by atoms with Crippen molar-refractivity contribution in [3.8, 4) is 0 Å². The molecule has 0 aliphatic heterocycles. The third kappa shape index (κ3) is 3.84. The van der Waals surface area contributed by atoms with Crippen LogP contribution in [0.3, 0.4) is 0 Å². The molecule has 1 unspecified atom stereocenters. The van der Waals surface area contributed by atoms with Crippen LogP contribution < -0.4 is 5.32 Å². The Balaban J connectivity index is 2.04. The zero-order chi connectivity index (χ0) is 14.5. The maximum absolute atomic E-state index is 12.1. The van der Waals surface area contributed by atoms with Crippen molar-refractivity contribution in [1.29, 1.82) is 0 Å². The molecule has 0 aliphatic carbocycles. The van der Waals surface area contributed by atoms with Gasteiger partial charge in [-0.05, 0) is 58.9 Å². The first kappa shape index (κ1) is 15.1. The fourth-order valence-corrected chi connectivity index (χ4v) is 2.41. The van der Waals surface area contributed by atoms with Gasteiger partial charge in [0.05, 0.1) is 11.6 Å². The van der Waals surface area contributed by atoms with E-state index >= 15 is 0 Å². The highest BCUT2D eigenvalue weighted by Gasteiger charge is 2.11. The van der Waals surface area contributed by atoms with E-state index < -0.39 is 0 Å². The first-order chi connectivity index (χ1) is 9.60. The molecule has 0 radical (unpaired) electrons. The number of aromatic nitrogens is 1.